The van der Waals surface area contributed by atoms with Crippen LogP contribution >= 0.6 is 22.9 Å². The highest BCUT2D eigenvalue weighted by Crippen LogP contribution is 2.35. The summed E-state index contributed by atoms with van der Waals surface area (Å²) in [7, 11) is -3.27. The van der Waals surface area contributed by atoms with Gasteiger partial charge in [-0.05, 0) is 35.2 Å². The van der Waals surface area contributed by atoms with E-state index in [-0.39, 0.29) is 11.3 Å². The molecule has 1 aliphatic rings. The van der Waals surface area contributed by atoms with Crippen molar-refractivity contribution in [2.75, 3.05) is 11.8 Å². The zero-order valence-electron chi connectivity index (χ0n) is 8.10. The summed E-state index contributed by atoms with van der Waals surface area (Å²) < 4.78 is 24.9. The van der Waals surface area contributed by atoms with Gasteiger partial charge in [0, 0.05) is 6.54 Å². The van der Waals surface area contributed by atoms with Crippen molar-refractivity contribution in [3.8, 4) is 0 Å². The van der Waals surface area contributed by atoms with Crippen molar-refractivity contribution in [2.45, 2.75) is 18.9 Å². The molecule has 1 unspecified atom stereocenters. The second-order valence-electron chi connectivity index (χ2n) is 3.55. The summed E-state index contributed by atoms with van der Waals surface area (Å²) in [4.78, 5) is 0. The van der Waals surface area contributed by atoms with Crippen LogP contribution in [0.2, 0.25) is 0 Å². The highest BCUT2D eigenvalue weighted by molar-refractivity contribution is 7.90. The standard InChI is InChI=1S/C9H12ClNO2S2/c10-7-15(12,13)11-4-1-2-9(11)8-3-5-14-6-8/h3,5-6,9H,1-2,4,7H2. The number of sulfonamides is 1. The lowest BCUT2D eigenvalue weighted by molar-refractivity contribution is 0.400. The van der Waals surface area contributed by atoms with Crippen LogP contribution in [0, 0.1) is 0 Å². The molecule has 0 N–H and O–H groups in total. The molecule has 2 rings (SSSR count). The highest BCUT2D eigenvalue weighted by Gasteiger charge is 2.34. The highest BCUT2D eigenvalue weighted by atomic mass is 35.5. The zero-order chi connectivity index (χ0) is 10.9. The fourth-order valence-electron chi connectivity index (χ4n) is 1.93. The van der Waals surface area contributed by atoms with Gasteiger partial charge in [0.15, 0.2) is 0 Å². The number of alkyl halides is 1. The summed E-state index contributed by atoms with van der Waals surface area (Å²) in [5.41, 5.74) is 1.09. The first kappa shape index (κ1) is 11.4. The zero-order valence-corrected chi connectivity index (χ0v) is 10.5. The minimum atomic E-state index is -3.27. The molecule has 1 saturated heterocycles. The molecule has 0 spiro atoms. The SMILES string of the molecule is O=S(=O)(CCl)N1CCCC1c1ccsc1. The van der Waals surface area contributed by atoms with Crippen LogP contribution in [-0.4, -0.2) is 24.5 Å². The van der Waals surface area contributed by atoms with E-state index in [1.54, 1.807) is 11.3 Å². The lowest BCUT2D eigenvalue weighted by Crippen LogP contribution is -2.31. The van der Waals surface area contributed by atoms with E-state index in [1.807, 2.05) is 16.8 Å². The third kappa shape index (κ3) is 2.20. The van der Waals surface area contributed by atoms with E-state index in [1.165, 1.54) is 4.31 Å². The Labute approximate surface area is 98.7 Å². The van der Waals surface area contributed by atoms with E-state index in [0.29, 0.717) is 6.54 Å². The predicted octanol–water partition coefficient (Wildman–Crippen LogP) is 2.41. The van der Waals surface area contributed by atoms with Crippen LogP contribution in [0.5, 0.6) is 0 Å². The molecule has 1 aliphatic heterocycles. The molecule has 6 heteroatoms. The number of hydrogen-bond donors (Lipinski definition) is 0. The monoisotopic (exact) mass is 265 g/mol. The normalized spacial score (nSPS) is 23.4. The molecule has 0 bridgehead atoms. The van der Waals surface area contributed by atoms with Crippen LogP contribution < -0.4 is 0 Å². The lowest BCUT2D eigenvalue weighted by atomic mass is 10.1. The predicted molar refractivity (Wildman–Crippen MR) is 62.6 cm³/mol. The second-order valence-corrected chi connectivity index (χ2v) is 6.83. The first-order valence-electron chi connectivity index (χ1n) is 4.73. The number of rotatable bonds is 3. The first-order valence-corrected chi connectivity index (χ1v) is 7.81. The van der Waals surface area contributed by atoms with Gasteiger partial charge in [-0.3, -0.25) is 0 Å². The molecular weight excluding hydrogens is 254 g/mol. The third-order valence-corrected chi connectivity index (χ3v) is 5.58. The van der Waals surface area contributed by atoms with Crippen molar-refractivity contribution in [3.05, 3.63) is 22.4 Å². The maximum atomic E-state index is 11.7. The average Bonchev–Trinajstić information content (AvgIpc) is 2.87. The van der Waals surface area contributed by atoms with Crippen molar-refractivity contribution < 1.29 is 8.42 Å². The van der Waals surface area contributed by atoms with Crippen LogP contribution in [0.4, 0.5) is 0 Å². The third-order valence-electron chi connectivity index (χ3n) is 2.63. The number of hydrogen-bond acceptors (Lipinski definition) is 3. The Morgan fingerprint density at radius 1 is 1.60 bits per heavy atom. The fraction of sp³-hybridized carbons (Fsp3) is 0.556. The van der Waals surface area contributed by atoms with Crippen LogP contribution in [0.15, 0.2) is 16.8 Å². The molecule has 0 saturated carbocycles. The van der Waals surface area contributed by atoms with Gasteiger partial charge in [-0.25, -0.2) is 8.42 Å². The Bertz CT molecular complexity index is 415. The quantitative estimate of drug-likeness (QED) is 0.787. The summed E-state index contributed by atoms with van der Waals surface area (Å²) in [6.45, 7) is 0.593. The smallest absolute Gasteiger partial charge is 0.211 e. The average molecular weight is 266 g/mol. The van der Waals surface area contributed by atoms with Crippen LogP contribution in [-0.2, 0) is 10.0 Å². The molecule has 84 valence electrons. The Balaban J connectivity index is 2.27. The topological polar surface area (TPSA) is 37.4 Å². The van der Waals surface area contributed by atoms with Gasteiger partial charge in [-0.2, -0.15) is 15.6 Å². The van der Waals surface area contributed by atoms with E-state index in [4.69, 9.17) is 11.6 Å². The Kier molecular flexibility index (Phi) is 3.35. The Hall–Kier alpha value is -0.100. The van der Waals surface area contributed by atoms with E-state index in [0.717, 1.165) is 18.4 Å². The van der Waals surface area contributed by atoms with Crippen molar-refractivity contribution in [3.63, 3.8) is 0 Å². The fourth-order valence-corrected chi connectivity index (χ4v) is 4.16. The van der Waals surface area contributed by atoms with Crippen LogP contribution in [0.25, 0.3) is 0 Å². The molecule has 3 nitrogen and oxygen atoms in total. The number of nitrogens with zero attached hydrogens (tertiary/aromatic N) is 1. The van der Waals surface area contributed by atoms with Gasteiger partial charge < -0.3 is 0 Å². The Morgan fingerprint density at radius 3 is 3.00 bits per heavy atom. The summed E-state index contributed by atoms with van der Waals surface area (Å²) in [5, 5.41) is 3.65. The second kappa shape index (κ2) is 4.41. The van der Waals surface area contributed by atoms with E-state index in [2.05, 4.69) is 0 Å². The number of thiophene rings is 1. The maximum Gasteiger partial charge on any atom is 0.228 e. The molecule has 1 aromatic rings. The summed E-state index contributed by atoms with van der Waals surface area (Å²) in [6.07, 6.45) is 1.81. The molecule has 0 aromatic carbocycles. The maximum absolute atomic E-state index is 11.7. The van der Waals surface area contributed by atoms with Gasteiger partial charge in [0.05, 0.1) is 6.04 Å². The van der Waals surface area contributed by atoms with Gasteiger partial charge >= 0.3 is 0 Å². The molecule has 1 aromatic heterocycles. The number of halogens is 1. The van der Waals surface area contributed by atoms with Crippen molar-refractivity contribution >= 4 is 33.0 Å². The van der Waals surface area contributed by atoms with Crippen molar-refractivity contribution in [1.29, 1.82) is 0 Å². The van der Waals surface area contributed by atoms with E-state index in [9.17, 15) is 8.42 Å². The molecule has 1 fully saturated rings. The molecule has 0 aliphatic carbocycles. The molecule has 1 atom stereocenters. The van der Waals surface area contributed by atoms with E-state index >= 15 is 0 Å². The molecule has 15 heavy (non-hydrogen) atoms. The van der Waals surface area contributed by atoms with E-state index < -0.39 is 10.0 Å². The van der Waals surface area contributed by atoms with Crippen molar-refractivity contribution in [2.24, 2.45) is 0 Å². The molecule has 0 amide bonds. The van der Waals surface area contributed by atoms with Gasteiger partial charge in [-0.1, -0.05) is 0 Å². The van der Waals surface area contributed by atoms with Gasteiger partial charge in [-0.15, -0.1) is 11.6 Å². The van der Waals surface area contributed by atoms with Crippen LogP contribution in [0.1, 0.15) is 24.4 Å². The summed E-state index contributed by atoms with van der Waals surface area (Å²) in [6, 6.07) is 1.98. The van der Waals surface area contributed by atoms with Gasteiger partial charge in [0.25, 0.3) is 0 Å². The lowest BCUT2D eigenvalue weighted by Gasteiger charge is -2.22. The van der Waals surface area contributed by atoms with Gasteiger partial charge in [0.2, 0.25) is 10.0 Å². The Morgan fingerprint density at radius 2 is 2.40 bits per heavy atom. The first-order chi connectivity index (χ1) is 7.15. The summed E-state index contributed by atoms with van der Waals surface area (Å²) >= 11 is 7.07. The minimum Gasteiger partial charge on any atom is -0.211 e. The summed E-state index contributed by atoms with van der Waals surface area (Å²) in [5.74, 6) is 0. The molecular formula is C9H12ClNO2S2. The largest absolute Gasteiger partial charge is 0.228 e. The molecule has 2 heterocycles. The molecule has 0 radical (unpaired) electrons. The van der Waals surface area contributed by atoms with Crippen LogP contribution in [0.3, 0.4) is 0 Å². The minimum absolute atomic E-state index is 0.000000000000000444. The van der Waals surface area contributed by atoms with Crippen molar-refractivity contribution in [1.82, 2.24) is 4.31 Å². The van der Waals surface area contributed by atoms with Gasteiger partial charge in [0.1, 0.15) is 5.21 Å².